The number of nitrogens with one attached hydrogen (secondary N) is 2. The van der Waals surface area contributed by atoms with Crippen molar-refractivity contribution in [3.8, 4) is 0 Å². The number of carbonyl (C=O) groups excluding carboxylic acids is 4. The summed E-state index contributed by atoms with van der Waals surface area (Å²) in [6, 6.07) is 14.7. The lowest BCUT2D eigenvalue weighted by Crippen LogP contribution is -2.25. The van der Waals surface area contributed by atoms with E-state index in [4.69, 9.17) is 9.47 Å². The number of ether oxygens (including phenoxy) is 2. The highest BCUT2D eigenvalue weighted by Gasteiger charge is 2.29. The van der Waals surface area contributed by atoms with Crippen LogP contribution >= 0.6 is 23.1 Å². The molecule has 16 heteroatoms. The molecule has 2 aromatic heterocycles. The zero-order chi connectivity index (χ0) is 34.1. The number of carbonyl (C=O) groups is 4. The summed E-state index contributed by atoms with van der Waals surface area (Å²) in [5.41, 5.74) is 1.47. The minimum absolute atomic E-state index is 0.00913. The Labute approximate surface area is 278 Å². The number of hydrogen-bond acceptors (Lipinski definition) is 12. The molecule has 0 saturated heterocycles. The molecular weight excluding hydrogens is 649 g/mol. The molecule has 2 amide bonds. The number of rotatable bonds is 14. The predicted molar refractivity (Wildman–Crippen MR) is 175 cm³/mol. The zero-order valence-electron chi connectivity index (χ0n) is 26.0. The number of nitro groups is 1. The molecule has 47 heavy (non-hydrogen) atoms. The van der Waals surface area contributed by atoms with Crippen molar-refractivity contribution < 1.29 is 33.6 Å². The molecule has 0 spiro atoms. The number of nitrogens with zero attached hydrogens (tertiary/aromatic N) is 4. The lowest BCUT2D eigenvalue weighted by molar-refractivity contribution is -0.384. The number of nitro benzene ring substituents is 1. The van der Waals surface area contributed by atoms with E-state index in [0.717, 1.165) is 28.7 Å². The maximum absolute atomic E-state index is 13.4. The van der Waals surface area contributed by atoms with Gasteiger partial charge in [-0.05, 0) is 51.0 Å². The molecule has 14 nitrogen and oxygen atoms in total. The van der Waals surface area contributed by atoms with Crippen LogP contribution in [0.15, 0.2) is 59.8 Å². The van der Waals surface area contributed by atoms with Crippen molar-refractivity contribution >= 4 is 57.5 Å². The number of thioether (sulfide) groups is 1. The quantitative estimate of drug-likeness (QED) is 0.0790. The third kappa shape index (κ3) is 8.59. The van der Waals surface area contributed by atoms with Crippen LogP contribution in [-0.2, 0) is 27.4 Å². The van der Waals surface area contributed by atoms with Crippen molar-refractivity contribution in [3.05, 3.63) is 97.7 Å². The molecule has 0 saturated carbocycles. The molecule has 4 aromatic rings. The van der Waals surface area contributed by atoms with Crippen molar-refractivity contribution in [1.29, 1.82) is 0 Å². The van der Waals surface area contributed by atoms with E-state index < -0.39 is 33.9 Å². The summed E-state index contributed by atoms with van der Waals surface area (Å²) >= 11 is 2.06. The van der Waals surface area contributed by atoms with Gasteiger partial charge in [0.1, 0.15) is 9.88 Å². The van der Waals surface area contributed by atoms with E-state index in [1.807, 2.05) is 30.3 Å². The number of anilines is 1. The van der Waals surface area contributed by atoms with Crippen LogP contribution in [0.5, 0.6) is 0 Å². The Morgan fingerprint density at radius 1 is 1.00 bits per heavy atom. The Morgan fingerprint density at radius 3 is 2.30 bits per heavy atom. The van der Waals surface area contributed by atoms with E-state index in [1.54, 1.807) is 32.3 Å². The van der Waals surface area contributed by atoms with E-state index in [-0.39, 0.29) is 46.5 Å². The van der Waals surface area contributed by atoms with Crippen molar-refractivity contribution in [2.45, 2.75) is 51.2 Å². The van der Waals surface area contributed by atoms with Gasteiger partial charge in [0.25, 0.3) is 11.6 Å². The van der Waals surface area contributed by atoms with Crippen molar-refractivity contribution in [2.24, 2.45) is 0 Å². The average Bonchev–Trinajstić information content (AvgIpc) is 3.59. The lowest BCUT2D eigenvalue weighted by atomic mass is 10.1. The molecule has 1 atom stereocenters. The van der Waals surface area contributed by atoms with E-state index in [9.17, 15) is 29.3 Å². The molecule has 2 aromatic carbocycles. The van der Waals surface area contributed by atoms with Gasteiger partial charge in [0.15, 0.2) is 11.0 Å². The van der Waals surface area contributed by atoms with Crippen LogP contribution in [0.4, 0.5) is 10.7 Å². The van der Waals surface area contributed by atoms with E-state index in [2.05, 4.69) is 20.8 Å². The van der Waals surface area contributed by atoms with E-state index >= 15 is 0 Å². The zero-order valence-corrected chi connectivity index (χ0v) is 27.6. The normalized spacial score (nSPS) is 11.4. The van der Waals surface area contributed by atoms with Gasteiger partial charge in [0.2, 0.25) is 5.91 Å². The first-order valence-corrected chi connectivity index (χ1v) is 16.2. The van der Waals surface area contributed by atoms with Crippen LogP contribution in [-0.4, -0.2) is 61.9 Å². The second kappa shape index (κ2) is 16.0. The van der Waals surface area contributed by atoms with Gasteiger partial charge in [-0.25, -0.2) is 9.59 Å². The van der Waals surface area contributed by atoms with Gasteiger partial charge in [0.05, 0.1) is 42.0 Å². The van der Waals surface area contributed by atoms with Gasteiger partial charge < -0.3 is 24.7 Å². The molecule has 0 aliphatic carbocycles. The molecule has 2 heterocycles. The van der Waals surface area contributed by atoms with Crippen LogP contribution in [0, 0.1) is 17.0 Å². The highest BCUT2D eigenvalue weighted by atomic mass is 32.2. The minimum atomic E-state index is -0.736. The molecule has 0 aliphatic heterocycles. The number of hydrogen-bond donors (Lipinski definition) is 2. The molecule has 4 rings (SSSR count). The van der Waals surface area contributed by atoms with E-state index in [1.165, 1.54) is 24.3 Å². The number of esters is 2. The fourth-order valence-electron chi connectivity index (χ4n) is 4.32. The molecule has 2 N–H and O–H groups in total. The Balaban J connectivity index is 1.54. The van der Waals surface area contributed by atoms with Crippen LogP contribution in [0.25, 0.3) is 0 Å². The molecule has 0 radical (unpaired) electrons. The van der Waals surface area contributed by atoms with E-state index in [0.29, 0.717) is 23.1 Å². The van der Waals surface area contributed by atoms with Crippen LogP contribution in [0.1, 0.15) is 68.1 Å². The summed E-state index contributed by atoms with van der Waals surface area (Å²) in [6.45, 7) is 7.17. The smallest absolute Gasteiger partial charge is 0.348 e. The SMILES string of the molecule is CCOC(=O)c1sc(NC(=O)[C@H](C)Sc2nnc(CNC(=O)c3ccc([N+](=O)[O-])cc3)n2Cc2ccccc2)c(C(=O)OCC)c1C. The number of benzene rings is 2. The van der Waals surface area contributed by atoms with Crippen molar-refractivity contribution in [3.63, 3.8) is 0 Å². The number of amides is 2. The first-order chi connectivity index (χ1) is 22.5. The standard InChI is InChI=1S/C31H32N6O8S2/c1-5-44-29(40)24-18(3)25(30(41)45-6-2)47-28(24)33-26(38)19(4)46-31-35-34-23(36(31)17-20-10-8-7-9-11-20)16-32-27(39)21-12-14-22(15-13-21)37(42)43/h7-15,19H,5-6,16-17H2,1-4H3,(H,32,39)(H,33,38)/t19-/m0/s1. The topological polar surface area (TPSA) is 185 Å². The summed E-state index contributed by atoms with van der Waals surface area (Å²) in [4.78, 5) is 62.1. The second-order valence-electron chi connectivity index (χ2n) is 9.91. The molecule has 0 aliphatic rings. The van der Waals surface area contributed by atoms with Gasteiger partial charge in [-0.1, -0.05) is 42.1 Å². The summed E-state index contributed by atoms with van der Waals surface area (Å²) in [5, 5.41) is 24.9. The molecule has 0 bridgehead atoms. The van der Waals surface area contributed by atoms with Gasteiger partial charge in [-0.2, -0.15) is 0 Å². The number of aromatic nitrogens is 3. The molecule has 246 valence electrons. The maximum Gasteiger partial charge on any atom is 0.348 e. The third-order valence-electron chi connectivity index (χ3n) is 6.70. The fourth-order valence-corrected chi connectivity index (χ4v) is 6.28. The summed E-state index contributed by atoms with van der Waals surface area (Å²) in [6.07, 6.45) is 0. The minimum Gasteiger partial charge on any atom is -0.462 e. The van der Waals surface area contributed by atoms with Crippen LogP contribution in [0.3, 0.4) is 0 Å². The maximum atomic E-state index is 13.4. The first-order valence-electron chi connectivity index (χ1n) is 14.5. The monoisotopic (exact) mass is 680 g/mol. The molecule has 0 unspecified atom stereocenters. The van der Waals surface area contributed by atoms with Crippen LogP contribution < -0.4 is 10.6 Å². The summed E-state index contributed by atoms with van der Waals surface area (Å²) in [5.74, 6) is -1.78. The molecular formula is C31H32N6O8S2. The van der Waals surface area contributed by atoms with Crippen molar-refractivity contribution in [1.82, 2.24) is 20.1 Å². The highest BCUT2D eigenvalue weighted by Crippen LogP contribution is 2.35. The largest absolute Gasteiger partial charge is 0.462 e. The number of non-ortho nitro benzene ring substituents is 1. The van der Waals surface area contributed by atoms with Gasteiger partial charge >= 0.3 is 11.9 Å². The Hall–Kier alpha value is -5.09. The van der Waals surface area contributed by atoms with Gasteiger partial charge in [-0.3, -0.25) is 19.7 Å². The fraction of sp³-hybridized carbons (Fsp3) is 0.290. The van der Waals surface area contributed by atoms with Gasteiger partial charge in [0, 0.05) is 17.7 Å². The summed E-state index contributed by atoms with van der Waals surface area (Å²) < 4.78 is 12.1. The Morgan fingerprint density at radius 2 is 1.66 bits per heavy atom. The first kappa shape index (κ1) is 34.8. The molecule has 0 fully saturated rings. The average molecular weight is 681 g/mol. The Kier molecular flexibility index (Phi) is 11.8. The van der Waals surface area contributed by atoms with Gasteiger partial charge in [-0.15, -0.1) is 21.5 Å². The van der Waals surface area contributed by atoms with Crippen molar-refractivity contribution in [2.75, 3.05) is 18.5 Å². The highest BCUT2D eigenvalue weighted by molar-refractivity contribution is 8.00. The van der Waals surface area contributed by atoms with Crippen LogP contribution in [0.2, 0.25) is 0 Å². The summed E-state index contributed by atoms with van der Waals surface area (Å²) in [7, 11) is 0. The third-order valence-corrected chi connectivity index (χ3v) is 8.97. The predicted octanol–water partition coefficient (Wildman–Crippen LogP) is 5.01. The lowest BCUT2D eigenvalue weighted by Gasteiger charge is -2.14. The second-order valence-corrected chi connectivity index (χ2v) is 12.2. The number of thiophene rings is 1. The Bertz CT molecular complexity index is 1770.